The van der Waals surface area contributed by atoms with Crippen molar-refractivity contribution in [1.82, 2.24) is 0 Å². The molecule has 0 aliphatic rings. The maximum atomic E-state index is 13.9. The number of hydrogen-bond acceptors (Lipinski definition) is 2. The second-order valence-corrected chi connectivity index (χ2v) is 8.12. The second-order valence-electron chi connectivity index (χ2n) is 6.82. The summed E-state index contributed by atoms with van der Waals surface area (Å²) >= 11 is 8.88. The number of carbonyl (C=O) groups is 1. The number of Topliss-reactive ketones (excluding diaryl/α,β-unsaturated/α-hetero) is 1. The van der Waals surface area contributed by atoms with Crippen molar-refractivity contribution in [3.63, 3.8) is 0 Å². The van der Waals surface area contributed by atoms with Crippen molar-refractivity contribution in [2.24, 2.45) is 0 Å². The van der Waals surface area contributed by atoms with E-state index in [4.69, 9.17) is 11.6 Å². The van der Waals surface area contributed by atoms with Gasteiger partial charge in [0.05, 0.1) is 12.0 Å². The molecule has 0 aliphatic carbocycles. The SMILES string of the molecule is O=C(CC(O)(c1cc(Cl)cc(C(F)(F)F)c1)C(F)(F)F)c1ccc(Br)c2ccccc12. The highest BCUT2D eigenvalue weighted by molar-refractivity contribution is 9.10. The molecule has 0 aromatic heterocycles. The van der Waals surface area contributed by atoms with Crippen molar-refractivity contribution in [2.75, 3.05) is 0 Å². The highest BCUT2D eigenvalue weighted by Gasteiger charge is 2.56. The summed E-state index contributed by atoms with van der Waals surface area (Å²) in [6.07, 6.45) is -12.0. The Morgan fingerprint density at radius 1 is 0.903 bits per heavy atom. The van der Waals surface area contributed by atoms with Crippen LogP contribution in [0, 0.1) is 0 Å². The molecule has 10 heteroatoms. The van der Waals surface area contributed by atoms with Gasteiger partial charge < -0.3 is 5.11 Å². The standard InChI is InChI=1S/C21H12BrClF6O2/c22-17-6-5-16(14-3-1-2-4-15(14)17)18(30)10-19(31,21(27,28)29)11-7-12(20(24,25)26)9-13(23)8-11/h1-9,31H,10H2. The first-order valence-corrected chi connectivity index (χ1v) is 9.79. The van der Waals surface area contributed by atoms with Crippen molar-refractivity contribution >= 4 is 44.1 Å². The number of rotatable bonds is 4. The minimum atomic E-state index is -5.46. The van der Waals surface area contributed by atoms with Crippen LogP contribution in [0.25, 0.3) is 10.8 Å². The van der Waals surface area contributed by atoms with Crippen LogP contribution >= 0.6 is 27.5 Å². The molecule has 1 N–H and O–H groups in total. The Morgan fingerprint density at radius 3 is 2.06 bits per heavy atom. The number of aliphatic hydroxyl groups is 1. The third-order valence-corrected chi connectivity index (χ3v) is 5.67. The van der Waals surface area contributed by atoms with Crippen molar-refractivity contribution < 1.29 is 36.2 Å². The molecule has 164 valence electrons. The van der Waals surface area contributed by atoms with Gasteiger partial charge in [-0.25, -0.2) is 0 Å². The smallest absolute Gasteiger partial charge is 0.376 e. The predicted octanol–water partition coefficient (Wildman–Crippen LogP) is 7.30. The van der Waals surface area contributed by atoms with E-state index < -0.39 is 46.3 Å². The number of alkyl halides is 6. The number of halogens is 8. The number of ketones is 1. The van der Waals surface area contributed by atoms with E-state index in [9.17, 15) is 36.2 Å². The zero-order valence-corrected chi connectivity index (χ0v) is 17.6. The Hall–Kier alpha value is -2.10. The highest BCUT2D eigenvalue weighted by Crippen LogP contribution is 2.45. The van der Waals surface area contributed by atoms with E-state index in [1.807, 2.05) is 0 Å². The van der Waals surface area contributed by atoms with E-state index in [-0.39, 0.29) is 11.6 Å². The van der Waals surface area contributed by atoms with Crippen LogP contribution in [0.5, 0.6) is 0 Å². The molecule has 3 aromatic rings. The molecule has 0 fully saturated rings. The van der Waals surface area contributed by atoms with Crippen molar-refractivity contribution in [2.45, 2.75) is 24.4 Å². The second kappa shape index (κ2) is 8.11. The maximum absolute atomic E-state index is 13.9. The lowest BCUT2D eigenvalue weighted by Crippen LogP contribution is -2.44. The van der Waals surface area contributed by atoms with Crippen molar-refractivity contribution in [1.29, 1.82) is 0 Å². The molecule has 2 nitrogen and oxygen atoms in total. The van der Waals surface area contributed by atoms with Gasteiger partial charge in [-0.2, -0.15) is 26.3 Å². The maximum Gasteiger partial charge on any atom is 0.421 e. The van der Waals surface area contributed by atoms with Gasteiger partial charge in [-0.3, -0.25) is 4.79 Å². The molecule has 3 aromatic carbocycles. The Balaban J connectivity index is 2.13. The topological polar surface area (TPSA) is 37.3 Å². The Bertz CT molecular complexity index is 1160. The summed E-state index contributed by atoms with van der Waals surface area (Å²) in [5, 5.41) is 10.7. The molecule has 1 unspecified atom stereocenters. The molecule has 0 saturated carbocycles. The van der Waals surface area contributed by atoms with E-state index in [0.717, 1.165) is 0 Å². The zero-order chi connectivity index (χ0) is 23.2. The summed E-state index contributed by atoms with van der Waals surface area (Å²) in [6, 6.07) is 10.3. The lowest BCUT2D eigenvalue weighted by Gasteiger charge is -2.31. The van der Waals surface area contributed by atoms with Crippen molar-refractivity contribution in [3.8, 4) is 0 Å². The Labute approximate surface area is 185 Å². The fourth-order valence-corrected chi connectivity index (χ4v) is 3.90. The van der Waals surface area contributed by atoms with E-state index in [1.165, 1.54) is 18.2 Å². The van der Waals surface area contributed by atoms with E-state index >= 15 is 0 Å². The quantitative estimate of drug-likeness (QED) is 0.287. The average molecular weight is 526 g/mol. The van der Waals surface area contributed by atoms with Gasteiger partial charge in [0.15, 0.2) is 11.4 Å². The molecule has 3 rings (SSSR count). The van der Waals surface area contributed by atoms with Crippen LogP contribution in [0.3, 0.4) is 0 Å². The van der Waals surface area contributed by atoms with Gasteiger partial charge in [-0.1, -0.05) is 51.8 Å². The van der Waals surface area contributed by atoms with Gasteiger partial charge in [-0.15, -0.1) is 0 Å². The molecule has 1 atom stereocenters. The van der Waals surface area contributed by atoms with Crippen LogP contribution in [0.1, 0.15) is 27.9 Å². The lowest BCUT2D eigenvalue weighted by molar-refractivity contribution is -0.265. The predicted molar refractivity (Wildman–Crippen MR) is 107 cm³/mol. The summed E-state index contributed by atoms with van der Waals surface area (Å²) in [5.74, 6) is -1.10. The molecule has 0 amide bonds. The summed E-state index contributed by atoms with van der Waals surface area (Å²) in [4.78, 5) is 12.8. The van der Waals surface area contributed by atoms with Crippen LogP contribution in [0.2, 0.25) is 5.02 Å². The van der Waals surface area contributed by atoms with Gasteiger partial charge >= 0.3 is 12.4 Å². The van der Waals surface area contributed by atoms with Gasteiger partial charge in [0.25, 0.3) is 0 Å². The highest BCUT2D eigenvalue weighted by atomic mass is 79.9. The first kappa shape index (κ1) is 23.6. The molecule has 0 radical (unpaired) electrons. The number of benzene rings is 3. The fraction of sp³-hybridized carbons (Fsp3) is 0.190. The largest absolute Gasteiger partial charge is 0.421 e. The number of hydrogen-bond donors (Lipinski definition) is 1. The average Bonchev–Trinajstić information content (AvgIpc) is 2.66. The molecule has 0 aliphatic heterocycles. The monoisotopic (exact) mass is 524 g/mol. The van der Waals surface area contributed by atoms with Crippen LogP contribution in [0.15, 0.2) is 59.1 Å². The molecule has 31 heavy (non-hydrogen) atoms. The van der Waals surface area contributed by atoms with Gasteiger partial charge in [0.1, 0.15) is 0 Å². The zero-order valence-electron chi connectivity index (χ0n) is 15.3. The summed E-state index contributed by atoms with van der Waals surface area (Å²) in [7, 11) is 0. The number of fused-ring (bicyclic) bond motifs is 1. The molecule has 0 bridgehead atoms. The van der Waals surface area contributed by atoms with Gasteiger partial charge in [0.2, 0.25) is 0 Å². The van der Waals surface area contributed by atoms with E-state index in [2.05, 4.69) is 15.9 Å². The lowest BCUT2D eigenvalue weighted by atomic mass is 9.84. The summed E-state index contributed by atoms with van der Waals surface area (Å²) in [5.41, 5.74) is -6.64. The third kappa shape index (κ3) is 4.58. The van der Waals surface area contributed by atoms with Crippen LogP contribution in [0.4, 0.5) is 26.3 Å². The minimum Gasteiger partial charge on any atom is -0.376 e. The Kier molecular flexibility index (Phi) is 6.16. The molecule has 0 saturated heterocycles. The van der Waals surface area contributed by atoms with Gasteiger partial charge in [0, 0.05) is 15.1 Å². The first-order chi connectivity index (χ1) is 14.2. The number of carbonyl (C=O) groups excluding carboxylic acids is 1. The van der Waals surface area contributed by atoms with Crippen molar-refractivity contribution in [3.05, 3.63) is 80.8 Å². The normalized spacial score (nSPS) is 14.5. The van der Waals surface area contributed by atoms with E-state index in [1.54, 1.807) is 18.2 Å². The van der Waals surface area contributed by atoms with Crippen LogP contribution in [-0.4, -0.2) is 17.1 Å². The summed E-state index contributed by atoms with van der Waals surface area (Å²) < 4.78 is 81.4. The van der Waals surface area contributed by atoms with Gasteiger partial charge in [-0.05, 0) is 46.7 Å². The Morgan fingerprint density at radius 2 is 1.48 bits per heavy atom. The molecular formula is C21H12BrClF6O2. The third-order valence-electron chi connectivity index (χ3n) is 4.76. The molecule has 0 heterocycles. The minimum absolute atomic E-state index is 0.112. The first-order valence-electron chi connectivity index (χ1n) is 8.62. The van der Waals surface area contributed by atoms with E-state index in [0.29, 0.717) is 27.4 Å². The fourth-order valence-electron chi connectivity index (χ4n) is 3.19. The summed E-state index contributed by atoms with van der Waals surface area (Å²) in [6.45, 7) is 0. The molecular weight excluding hydrogens is 514 g/mol. The molecule has 0 spiro atoms. The van der Waals surface area contributed by atoms with Crippen LogP contribution < -0.4 is 0 Å². The van der Waals surface area contributed by atoms with Crippen LogP contribution in [-0.2, 0) is 11.8 Å².